The van der Waals surface area contributed by atoms with Gasteiger partial charge in [-0.2, -0.15) is 4.98 Å². The minimum absolute atomic E-state index is 0.108. The maximum Gasteiger partial charge on any atom is 0.258 e. The SMILES string of the molecule is Cc1noc(-c2ccc(C(=O)N3CC4(CCCC4)c4c(F)cccc43)cc2)n1. The van der Waals surface area contributed by atoms with Gasteiger partial charge in [0, 0.05) is 28.7 Å². The standard InChI is InChI=1S/C22H20FN3O2/c1-14-24-20(28-25-14)15-7-9-16(10-8-15)21(27)26-13-22(11-2-3-12-22)19-17(23)5-4-6-18(19)26/h4-10H,2-3,11-13H2,1H3. The van der Waals surface area contributed by atoms with Crippen LogP contribution in [0.25, 0.3) is 11.5 Å². The molecule has 1 saturated carbocycles. The summed E-state index contributed by atoms with van der Waals surface area (Å²) in [5.41, 5.74) is 2.52. The van der Waals surface area contributed by atoms with Gasteiger partial charge in [0.25, 0.3) is 11.8 Å². The highest BCUT2D eigenvalue weighted by molar-refractivity contribution is 6.08. The third kappa shape index (κ3) is 2.55. The van der Waals surface area contributed by atoms with Gasteiger partial charge in [-0.3, -0.25) is 4.79 Å². The number of fused-ring (bicyclic) bond motifs is 2. The van der Waals surface area contributed by atoms with E-state index in [1.807, 2.05) is 6.07 Å². The number of anilines is 1. The summed E-state index contributed by atoms with van der Waals surface area (Å²) in [6, 6.07) is 12.2. The molecule has 1 aromatic heterocycles. The Hall–Kier alpha value is -3.02. The number of hydrogen-bond acceptors (Lipinski definition) is 4. The quantitative estimate of drug-likeness (QED) is 0.652. The number of halogens is 1. The molecule has 3 aromatic rings. The lowest BCUT2D eigenvalue weighted by Crippen LogP contribution is -2.35. The second-order valence-electron chi connectivity index (χ2n) is 7.74. The smallest absolute Gasteiger partial charge is 0.258 e. The highest BCUT2D eigenvalue weighted by Gasteiger charge is 2.48. The monoisotopic (exact) mass is 377 g/mol. The average Bonchev–Trinajstić information content (AvgIpc) is 3.42. The third-order valence-corrected chi connectivity index (χ3v) is 5.99. The predicted molar refractivity (Wildman–Crippen MR) is 103 cm³/mol. The lowest BCUT2D eigenvalue weighted by Gasteiger charge is -2.25. The molecule has 1 fully saturated rings. The van der Waals surface area contributed by atoms with Gasteiger partial charge in [-0.1, -0.05) is 24.1 Å². The average molecular weight is 377 g/mol. The first kappa shape index (κ1) is 17.1. The fraction of sp³-hybridized carbons (Fsp3) is 0.318. The first-order chi connectivity index (χ1) is 13.6. The van der Waals surface area contributed by atoms with Crippen LogP contribution in [0.3, 0.4) is 0 Å². The zero-order valence-electron chi connectivity index (χ0n) is 15.6. The van der Waals surface area contributed by atoms with E-state index in [0.717, 1.165) is 36.8 Å². The van der Waals surface area contributed by atoms with Crippen LogP contribution < -0.4 is 4.90 Å². The molecule has 5 rings (SSSR count). The van der Waals surface area contributed by atoms with E-state index in [1.54, 1.807) is 42.2 Å². The van der Waals surface area contributed by atoms with E-state index >= 15 is 0 Å². The topological polar surface area (TPSA) is 59.2 Å². The molecule has 2 heterocycles. The molecule has 5 nitrogen and oxygen atoms in total. The van der Waals surface area contributed by atoms with Gasteiger partial charge in [-0.25, -0.2) is 4.39 Å². The van der Waals surface area contributed by atoms with E-state index < -0.39 is 0 Å². The van der Waals surface area contributed by atoms with E-state index in [4.69, 9.17) is 4.52 Å². The zero-order chi connectivity index (χ0) is 19.3. The summed E-state index contributed by atoms with van der Waals surface area (Å²) in [5, 5.41) is 3.79. The maximum atomic E-state index is 14.7. The van der Waals surface area contributed by atoms with Crippen LogP contribution in [0.1, 0.15) is 47.4 Å². The summed E-state index contributed by atoms with van der Waals surface area (Å²) >= 11 is 0. The number of hydrogen-bond donors (Lipinski definition) is 0. The number of aryl methyl sites for hydroxylation is 1. The van der Waals surface area contributed by atoms with Crippen LogP contribution in [0.15, 0.2) is 47.0 Å². The Balaban J connectivity index is 1.48. The molecule has 2 aromatic carbocycles. The molecular formula is C22H20FN3O2. The number of amides is 1. The summed E-state index contributed by atoms with van der Waals surface area (Å²) in [6.07, 6.45) is 4.02. The minimum Gasteiger partial charge on any atom is -0.334 e. The summed E-state index contributed by atoms with van der Waals surface area (Å²) in [4.78, 5) is 19.2. The molecule has 1 aliphatic heterocycles. The molecule has 0 saturated heterocycles. The molecule has 1 amide bonds. The minimum atomic E-state index is -0.239. The summed E-state index contributed by atoms with van der Waals surface area (Å²) in [5.74, 6) is 0.684. The number of benzene rings is 2. The molecule has 0 N–H and O–H groups in total. The van der Waals surface area contributed by atoms with Crippen LogP contribution >= 0.6 is 0 Å². The van der Waals surface area contributed by atoms with Crippen molar-refractivity contribution in [1.82, 2.24) is 10.1 Å². The molecule has 28 heavy (non-hydrogen) atoms. The van der Waals surface area contributed by atoms with Crippen LogP contribution in [-0.4, -0.2) is 22.6 Å². The van der Waals surface area contributed by atoms with Crippen molar-refractivity contribution in [3.63, 3.8) is 0 Å². The number of aromatic nitrogens is 2. The van der Waals surface area contributed by atoms with Crippen LogP contribution in [0.4, 0.5) is 10.1 Å². The van der Waals surface area contributed by atoms with Crippen molar-refractivity contribution in [1.29, 1.82) is 0 Å². The Morgan fingerprint density at radius 1 is 1.14 bits per heavy atom. The molecule has 1 aliphatic carbocycles. The van der Waals surface area contributed by atoms with Gasteiger partial charge in [0.1, 0.15) is 5.82 Å². The number of nitrogens with zero attached hydrogens (tertiary/aromatic N) is 3. The number of rotatable bonds is 2. The molecule has 0 atom stereocenters. The summed E-state index contributed by atoms with van der Waals surface area (Å²) < 4.78 is 19.9. The van der Waals surface area contributed by atoms with Gasteiger partial charge in [0.15, 0.2) is 5.82 Å². The Bertz CT molecular complexity index is 1050. The van der Waals surface area contributed by atoms with E-state index in [1.165, 1.54) is 6.07 Å². The lowest BCUT2D eigenvalue weighted by atomic mass is 9.80. The fourth-order valence-corrected chi connectivity index (χ4v) is 4.70. The molecule has 142 valence electrons. The van der Waals surface area contributed by atoms with Crippen LogP contribution in [0, 0.1) is 12.7 Å². The third-order valence-electron chi connectivity index (χ3n) is 5.99. The Morgan fingerprint density at radius 2 is 1.89 bits per heavy atom. The molecule has 0 radical (unpaired) electrons. The van der Waals surface area contributed by atoms with E-state index in [9.17, 15) is 9.18 Å². The van der Waals surface area contributed by atoms with Crippen LogP contribution in [0.2, 0.25) is 0 Å². The summed E-state index contributed by atoms with van der Waals surface area (Å²) in [6.45, 7) is 2.31. The first-order valence-electron chi connectivity index (χ1n) is 9.59. The lowest BCUT2D eigenvalue weighted by molar-refractivity contribution is 0.0985. The molecule has 6 heteroatoms. The van der Waals surface area contributed by atoms with Crippen molar-refractivity contribution in [2.24, 2.45) is 0 Å². The Labute approximate surface area is 162 Å². The van der Waals surface area contributed by atoms with E-state index in [2.05, 4.69) is 10.1 Å². The Kier molecular flexibility index (Phi) is 3.82. The van der Waals surface area contributed by atoms with E-state index in [-0.39, 0.29) is 17.1 Å². The second kappa shape index (κ2) is 6.26. The van der Waals surface area contributed by atoms with Crippen molar-refractivity contribution in [2.45, 2.75) is 38.0 Å². The van der Waals surface area contributed by atoms with Crippen LogP contribution in [-0.2, 0) is 5.41 Å². The van der Waals surface area contributed by atoms with Gasteiger partial charge < -0.3 is 9.42 Å². The molecule has 0 bridgehead atoms. The van der Waals surface area contributed by atoms with Gasteiger partial charge in [-0.05, 0) is 56.2 Å². The van der Waals surface area contributed by atoms with Crippen molar-refractivity contribution in [2.75, 3.05) is 11.4 Å². The molecular weight excluding hydrogens is 357 g/mol. The fourth-order valence-electron chi connectivity index (χ4n) is 4.70. The second-order valence-corrected chi connectivity index (χ2v) is 7.74. The normalized spacial score (nSPS) is 17.3. The first-order valence-corrected chi connectivity index (χ1v) is 9.59. The molecule has 2 aliphatic rings. The van der Waals surface area contributed by atoms with Gasteiger partial charge in [0.05, 0.1) is 5.69 Å². The van der Waals surface area contributed by atoms with Crippen molar-refractivity contribution < 1.29 is 13.7 Å². The summed E-state index contributed by atoms with van der Waals surface area (Å²) in [7, 11) is 0. The predicted octanol–water partition coefficient (Wildman–Crippen LogP) is 4.66. The molecule has 1 spiro atoms. The number of carbonyl (C=O) groups excluding carboxylic acids is 1. The highest BCUT2D eigenvalue weighted by Crippen LogP contribution is 2.51. The highest BCUT2D eigenvalue weighted by atomic mass is 19.1. The van der Waals surface area contributed by atoms with Crippen molar-refractivity contribution >= 4 is 11.6 Å². The Morgan fingerprint density at radius 3 is 2.57 bits per heavy atom. The van der Waals surface area contributed by atoms with Gasteiger partial charge in [-0.15, -0.1) is 0 Å². The van der Waals surface area contributed by atoms with Crippen molar-refractivity contribution in [3.05, 3.63) is 65.2 Å². The largest absolute Gasteiger partial charge is 0.334 e. The van der Waals surface area contributed by atoms with E-state index in [0.29, 0.717) is 29.5 Å². The van der Waals surface area contributed by atoms with Gasteiger partial charge in [0.2, 0.25) is 0 Å². The van der Waals surface area contributed by atoms with Gasteiger partial charge >= 0.3 is 0 Å². The zero-order valence-corrected chi connectivity index (χ0v) is 15.6. The van der Waals surface area contributed by atoms with Crippen molar-refractivity contribution in [3.8, 4) is 11.5 Å². The number of carbonyl (C=O) groups is 1. The molecule has 0 unspecified atom stereocenters. The maximum absolute atomic E-state index is 14.7. The van der Waals surface area contributed by atoms with Crippen LogP contribution in [0.5, 0.6) is 0 Å².